The van der Waals surface area contributed by atoms with Crippen LogP contribution in [0.4, 0.5) is 0 Å². The van der Waals surface area contributed by atoms with E-state index < -0.39 is 0 Å². The minimum absolute atomic E-state index is 0.0246. The molecule has 1 aliphatic heterocycles. The number of thiocarbonyl (C=S) groups is 1. The predicted octanol–water partition coefficient (Wildman–Crippen LogP) is 1.09. The van der Waals surface area contributed by atoms with Crippen molar-refractivity contribution in [3.8, 4) is 0 Å². The zero-order valence-electron chi connectivity index (χ0n) is 12.1. The molecule has 0 saturated carbocycles. The van der Waals surface area contributed by atoms with Crippen LogP contribution in [0.1, 0.15) is 27.2 Å². The van der Waals surface area contributed by atoms with Crippen LogP contribution in [0.3, 0.4) is 0 Å². The fraction of sp³-hybridized carbons (Fsp3) is 0.923. The summed E-state index contributed by atoms with van der Waals surface area (Å²) < 4.78 is 5.45. The summed E-state index contributed by atoms with van der Waals surface area (Å²) in [5, 5.41) is 0. The van der Waals surface area contributed by atoms with Crippen LogP contribution in [-0.4, -0.2) is 66.3 Å². The van der Waals surface area contributed by atoms with Crippen LogP contribution in [0.15, 0.2) is 0 Å². The summed E-state index contributed by atoms with van der Waals surface area (Å²) in [5.74, 6) is 0. The van der Waals surface area contributed by atoms with Gasteiger partial charge in [-0.15, -0.1) is 0 Å². The van der Waals surface area contributed by atoms with E-state index in [4.69, 9.17) is 22.7 Å². The van der Waals surface area contributed by atoms with Gasteiger partial charge in [0.2, 0.25) is 0 Å². The molecule has 4 nitrogen and oxygen atoms in total. The Morgan fingerprint density at radius 2 is 1.89 bits per heavy atom. The van der Waals surface area contributed by atoms with Crippen molar-refractivity contribution in [2.24, 2.45) is 5.73 Å². The Kier molecular flexibility index (Phi) is 5.98. The molecule has 106 valence electrons. The third kappa shape index (κ3) is 4.80. The van der Waals surface area contributed by atoms with Crippen molar-refractivity contribution in [3.63, 3.8) is 0 Å². The summed E-state index contributed by atoms with van der Waals surface area (Å²) in [4.78, 5) is 5.45. The molecule has 1 fully saturated rings. The number of hydrogen-bond acceptors (Lipinski definition) is 4. The van der Waals surface area contributed by atoms with Crippen molar-refractivity contribution in [1.29, 1.82) is 0 Å². The molecule has 0 radical (unpaired) electrons. The van der Waals surface area contributed by atoms with Crippen molar-refractivity contribution in [3.05, 3.63) is 0 Å². The lowest BCUT2D eigenvalue weighted by atomic mass is 10.0. The molecule has 0 amide bonds. The van der Waals surface area contributed by atoms with E-state index >= 15 is 0 Å². The Morgan fingerprint density at radius 3 is 2.33 bits per heavy atom. The van der Waals surface area contributed by atoms with Crippen molar-refractivity contribution >= 4 is 17.2 Å². The quantitative estimate of drug-likeness (QED) is 0.734. The van der Waals surface area contributed by atoms with Crippen LogP contribution in [0.25, 0.3) is 0 Å². The molecule has 0 bridgehead atoms. The molecular weight excluding hydrogens is 246 g/mol. The molecule has 1 saturated heterocycles. The maximum Gasteiger partial charge on any atom is 0.0899 e. The highest BCUT2D eigenvalue weighted by atomic mass is 32.1. The van der Waals surface area contributed by atoms with Gasteiger partial charge in [-0.2, -0.15) is 0 Å². The number of ether oxygens (including phenoxy) is 1. The first-order valence-electron chi connectivity index (χ1n) is 6.66. The second-order valence-electron chi connectivity index (χ2n) is 5.67. The van der Waals surface area contributed by atoms with Gasteiger partial charge in [0.1, 0.15) is 0 Å². The molecule has 0 spiro atoms. The molecule has 1 aliphatic rings. The molecule has 0 aromatic carbocycles. The summed E-state index contributed by atoms with van der Waals surface area (Å²) in [6.45, 7) is 11.7. The summed E-state index contributed by atoms with van der Waals surface area (Å²) in [7, 11) is 1.78. The van der Waals surface area contributed by atoms with Gasteiger partial charge in [-0.1, -0.05) is 12.2 Å². The first kappa shape index (κ1) is 15.8. The van der Waals surface area contributed by atoms with E-state index in [1.54, 1.807) is 7.11 Å². The van der Waals surface area contributed by atoms with E-state index in [9.17, 15) is 0 Å². The van der Waals surface area contributed by atoms with Crippen LogP contribution in [0.5, 0.6) is 0 Å². The van der Waals surface area contributed by atoms with Gasteiger partial charge in [-0.3, -0.25) is 4.90 Å². The van der Waals surface area contributed by atoms with Crippen LogP contribution in [-0.2, 0) is 4.74 Å². The van der Waals surface area contributed by atoms with Crippen molar-refractivity contribution in [1.82, 2.24) is 9.80 Å². The largest absolute Gasteiger partial charge is 0.392 e. The van der Waals surface area contributed by atoms with Crippen LogP contribution in [0, 0.1) is 0 Å². The third-order valence-corrected chi connectivity index (χ3v) is 4.29. The first-order valence-corrected chi connectivity index (χ1v) is 7.07. The van der Waals surface area contributed by atoms with Gasteiger partial charge in [0.15, 0.2) is 0 Å². The second-order valence-corrected chi connectivity index (χ2v) is 6.14. The Labute approximate surface area is 116 Å². The normalized spacial score (nSPS) is 20.9. The van der Waals surface area contributed by atoms with Gasteiger partial charge in [-0.05, 0) is 27.2 Å². The summed E-state index contributed by atoms with van der Waals surface area (Å²) in [6, 6.07) is 0.220. The van der Waals surface area contributed by atoms with Gasteiger partial charge in [0, 0.05) is 39.8 Å². The number of hydrogen-bond donors (Lipinski definition) is 1. The zero-order chi connectivity index (χ0) is 13.8. The number of nitrogens with zero attached hydrogens (tertiary/aromatic N) is 2. The minimum atomic E-state index is -0.0246. The van der Waals surface area contributed by atoms with Crippen LogP contribution in [0.2, 0.25) is 0 Å². The topological polar surface area (TPSA) is 41.7 Å². The summed E-state index contributed by atoms with van der Waals surface area (Å²) in [6.07, 6.45) is 1.06. The van der Waals surface area contributed by atoms with E-state index in [1.165, 1.54) is 0 Å². The Morgan fingerprint density at radius 1 is 1.33 bits per heavy atom. The SMILES string of the molecule is COC(C)(C)CCN1CCN(C(C)C(N)=S)CC1. The standard InChI is InChI=1S/C13H27N3OS/c1-11(12(14)18)16-9-7-15(8-10-16)6-5-13(2,3)17-4/h11H,5-10H2,1-4H3,(H2,14,18). The van der Waals surface area contributed by atoms with E-state index in [2.05, 4.69) is 30.6 Å². The molecule has 1 unspecified atom stereocenters. The van der Waals surface area contributed by atoms with E-state index in [1.807, 2.05) is 0 Å². The van der Waals surface area contributed by atoms with E-state index in [0.717, 1.165) is 39.1 Å². The number of nitrogens with two attached hydrogens (primary N) is 1. The third-order valence-electron chi connectivity index (χ3n) is 3.95. The van der Waals surface area contributed by atoms with Crippen molar-refractivity contribution in [2.45, 2.75) is 38.8 Å². The highest BCUT2D eigenvalue weighted by Crippen LogP contribution is 2.15. The Balaban J connectivity index is 2.29. The number of methoxy groups -OCH3 is 1. The molecule has 1 atom stereocenters. The molecule has 18 heavy (non-hydrogen) atoms. The molecule has 0 aliphatic carbocycles. The fourth-order valence-corrected chi connectivity index (χ4v) is 2.23. The molecule has 2 N–H and O–H groups in total. The lowest BCUT2D eigenvalue weighted by Crippen LogP contribution is -2.53. The number of piperazine rings is 1. The van der Waals surface area contributed by atoms with Gasteiger partial charge >= 0.3 is 0 Å². The van der Waals surface area contributed by atoms with Crippen LogP contribution >= 0.6 is 12.2 Å². The zero-order valence-corrected chi connectivity index (χ0v) is 12.9. The Bertz CT molecular complexity index is 275. The molecule has 0 aromatic rings. The van der Waals surface area contributed by atoms with Crippen molar-refractivity contribution < 1.29 is 4.74 Å². The van der Waals surface area contributed by atoms with Gasteiger partial charge in [-0.25, -0.2) is 0 Å². The maximum atomic E-state index is 5.69. The summed E-state index contributed by atoms with van der Waals surface area (Å²) >= 11 is 5.05. The maximum absolute atomic E-state index is 5.69. The van der Waals surface area contributed by atoms with E-state index in [0.29, 0.717) is 4.99 Å². The molecular formula is C13H27N3OS. The van der Waals surface area contributed by atoms with Gasteiger partial charge in [0.25, 0.3) is 0 Å². The van der Waals surface area contributed by atoms with Crippen molar-refractivity contribution in [2.75, 3.05) is 39.8 Å². The molecule has 0 aromatic heterocycles. The molecule has 5 heteroatoms. The average Bonchev–Trinajstić information content (AvgIpc) is 2.36. The monoisotopic (exact) mass is 273 g/mol. The van der Waals surface area contributed by atoms with Crippen LogP contribution < -0.4 is 5.73 Å². The predicted molar refractivity (Wildman–Crippen MR) is 80.0 cm³/mol. The fourth-order valence-electron chi connectivity index (χ4n) is 2.08. The lowest BCUT2D eigenvalue weighted by Gasteiger charge is -2.38. The first-order chi connectivity index (χ1) is 8.35. The smallest absolute Gasteiger partial charge is 0.0899 e. The van der Waals surface area contributed by atoms with Gasteiger partial charge < -0.3 is 15.4 Å². The highest BCUT2D eigenvalue weighted by Gasteiger charge is 2.24. The average molecular weight is 273 g/mol. The minimum Gasteiger partial charge on any atom is -0.392 e. The summed E-state index contributed by atoms with van der Waals surface area (Å²) in [5.41, 5.74) is 5.67. The number of rotatable bonds is 6. The molecule has 1 heterocycles. The van der Waals surface area contributed by atoms with E-state index in [-0.39, 0.29) is 11.6 Å². The lowest BCUT2D eigenvalue weighted by molar-refractivity contribution is 0.00288. The Hall–Kier alpha value is -0.230. The molecule has 1 rings (SSSR count). The second kappa shape index (κ2) is 6.80. The van der Waals surface area contributed by atoms with Gasteiger partial charge in [0.05, 0.1) is 16.6 Å². The highest BCUT2D eigenvalue weighted by molar-refractivity contribution is 7.80.